The van der Waals surface area contributed by atoms with Crippen LogP contribution in [0.15, 0.2) is 43.0 Å². The fourth-order valence-corrected chi connectivity index (χ4v) is 1.45. The maximum absolute atomic E-state index is 5.76. The highest BCUT2D eigenvalue weighted by molar-refractivity contribution is 5.13. The molecule has 0 bridgehead atoms. The van der Waals surface area contributed by atoms with Gasteiger partial charge < -0.3 is 4.74 Å². The minimum atomic E-state index is 0.199. The number of hydrogen-bond acceptors (Lipinski definition) is 1. The van der Waals surface area contributed by atoms with Crippen LogP contribution in [-0.4, -0.2) is 6.10 Å². The second-order valence-corrected chi connectivity index (χ2v) is 3.71. The van der Waals surface area contributed by atoms with Crippen LogP contribution in [0.2, 0.25) is 0 Å². The average Bonchev–Trinajstić information content (AvgIpc) is 2.31. The first-order chi connectivity index (χ1) is 7.36. The second-order valence-electron chi connectivity index (χ2n) is 3.71. The zero-order valence-electron chi connectivity index (χ0n) is 9.49. The molecule has 0 aliphatic carbocycles. The number of hydrogen-bond donors (Lipinski definition) is 0. The lowest BCUT2D eigenvalue weighted by molar-refractivity contribution is 0.0653. The number of unbranched alkanes of at least 4 members (excludes halogenated alkanes) is 1. The van der Waals surface area contributed by atoms with Gasteiger partial charge in [0.1, 0.15) is 0 Å². The Morgan fingerprint density at radius 3 is 2.67 bits per heavy atom. The molecule has 0 aromatic heterocycles. The minimum Gasteiger partial charge on any atom is -0.369 e. The fourth-order valence-electron chi connectivity index (χ4n) is 1.45. The highest BCUT2D eigenvalue weighted by Gasteiger charge is 2.03. The topological polar surface area (TPSA) is 9.23 Å². The summed E-state index contributed by atoms with van der Waals surface area (Å²) in [5.74, 6) is 0. The van der Waals surface area contributed by atoms with E-state index in [1.165, 1.54) is 18.4 Å². The molecule has 1 atom stereocenters. The van der Waals surface area contributed by atoms with Gasteiger partial charge in [0, 0.05) is 0 Å². The summed E-state index contributed by atoms with van der Waals surface area (Å²) in [6.07, 6.45) is 5.58. The van der Waals surface area contributed by atoms with Crippen LogP contribution in [0.3, 0.4) is 0 Å². The Morgan fingerprint density at radius 2 is 2.07 bits per heavy atom. The molecule has 82 valence electrons. The van der Waals surface area contributed by atoms with Crippen molar-refractivity contribution in [3.63, 3.8) is 0 Å². The Labute approximate surface area is 92.8 Å². The summed E-state index contributed by atoms with van der Waals surface area (Å²) in [5, 5.41) is 0. The number of ether oxygens (including phenoxy) is 1. The Hall–Kier alpha value is -1.08. The van der Waals surface area contributed by atoms with E-state index in [2.05, 4.69) is 25.6 Å². The van der Waals surface area contributed by atoms with Crippen LogP contribution in [0.25, 0.3) is 0 Å². The molecular formula is C14H20O. The molecule has 0 heterocycles. The summed E-state index contributed by atoms with van der Waals surface area (Å²) >= 11 is 0. The predicted molar refractivity (Wildman–Crippen MR) is 64.7 cm³/mol. The van der Waals surface area contributed by atoms with E-state index in [1.807, 2.05) is 24.3 Å². The molecule has 15 heavy (non-hydrogen) atoms. The molecule has 1 aromatic carbocycles. The van der Waals surface area contributed by atoms with Crippen LogP contribution in [0.1, 0.15) is 31.7 Å². The van der Waals surface area contributed by atoms with Crippen LogP contribution in [0.4, 0.5) is 0 Å². The zero-order valence-corrected chi connectivity index (χ0v) is 9.49. The Bertz CT molecular complexity index is 266. The summed E-state index contributed by atoms with van der Waals surface area (Å²) in [4.78, 5) is 0. The molecule has 1 nitrogen and oxygen atoms in total. The van der Waals surface area contributed by atoms with Crippen molar-refractivity contribution in [2.24, 2.45) is 0 Å². The van der Waals surface area contributed by atoms with Gasteiger partial charge in [-0.2, -0.15) is 0 Å². The van der Waals surface area contributed by atoms with Gasteiger partial charge in [-0.05, 0) is 12.0 Å². The van der Waals surface area contributed by atoms with E-state index in [0.29, 0.717) is 6.61 Å². The molecule has 0 saturated heterocycles. The van der Waals surface area contributed by atoms with Gasteiger partial charge in [-0.1, -0.05) is 56.2 Å². The maximum atomic E-state index is 5.76. The van der Waals surface area contributed by atoms with Gasteiger partial charge in [-0.3, -0.25) is 0 Å². The highest BCUT2D eigenvalue weighted by Crippen LogP contribution is 2.09. The van der Waals surface area contributed by atoms with Crippen LogP contribution in [0.5, 0.6) is 0 Å². The SMILES string of the molecule is C=C[C@@H](CCCC)OCc1ccccc1. The molecule has 0 fully saturated rings. The van der Waals surface area contributed by atoms with Crippen molar-refractivity contribution < 1.29 is 4.74 Å². The lowest BCUT2D eigenvalue weighted by atomic mass is 10.1. The van der Waals surface area contributed by atoms with Crippen LogP contribution in [-0.2, 0) is 11.3 Å². The summed E-state index contributed by atoms with van der Waals surface area (Å²) in [7, 11) is 0. The first-order valence-corrected chi connectivity index (χ1v) is 5.65. The normalized spacial score (nSPS) is 12.3. The predicted octanol–water partition coefficient (Wildman–Crippen LogP) is 3.95. The standard InChI is InChI=1S/C14H20O/c1-3-5-11-14(4-2)15-12-13-9-7-6-8-10-13/h4,6-10,14H,2-3,5,11-12H2,1H3/t14-/m0/s1. The summed E-state index contributed by atoms with van der Waals surface area (Å²) in [6.45, 7) is 6.67. The summed E-state index contributed by atoms with van der Waals surface area (Å²) in [6, 6.07) is 10.3. The van der Waals surface area contributed by atoms with Gasteiger partial charge in [0.05, 0.1) is 12.7 Å². The molecule has 0 spiro atoms. The van der Waals surface area contributed by atoms with Crippen LogP contribution in [0, 0.1) is 0 Å². The van der Waals surface area contributed by atoms with Crippen LogP contribution >= 0.6 is 0 Å². The molecule has 1 aromatic rings. The number of benzene rings is 1. The van der Waals surface area contributed by atoms with E-state index in [-0.39, 0.29) is 6.10 Å². The molecular weight excluding hydrogens is 184 g/mol. The van der Waals surface area contributed by atoms with Crippen molar-refractivity contribution in [3.8, 4) is 0 Å². The van der Waals surface area contributed by atoms with Gasteiger partial charge in [0.2, 0.25) is 0 Å². The van der Waals surface area contributed by atoms with Crippen molar-refractivity contribution in [1.29, 1.82) is 0 Å². The van der Waals surface area contributed by atoms with Crippen molar-refractivity contribution in [2.75, 3.05) is 0 Å². The van der Waals surface area contributed by atoms with Gasteiger partial charge >= 0.3 is 0 Å². The largest absolute Gasteiger partial charge is 0.369 e. The Balaban J connectivity index is 2.31. The summed E-state index contributed by atoms with van der Waals surface area (Å²) in [5.41, 5.74) is 1.22. The lowest BCUT2D eigenvalue weighted by Crippen LogP contribution is -2.09. The maximum Gasteiger partial charge on any atom is 0.0757 e. The minimum absolute atomic E-state index is 0.199. The van der Waals surface area contributed by atoms with Crippen molar-refractivity contribution in [2.45, 2.75) is 38.9 Å². The first kappa shape index (κ1) is 12.0. The first-order valence-electron chi connectivity index (χ1n) is 5.65. The molecule has 0 radical (unpaired) electrons. The molecule has 0 N–H and O–H groups in total. The van der Waals surface area contributed by atoms with Crippen molar-refractivity contribution in [3.05, 3.63) is 48.6 Å². The third-order valence-corrected chi connectivity index (χ3v) is 2.41. The summed E-state index contributed by atoms with van der Waals surface area (Å²) < 4.78 is 5.76. The van der Waals surface area contributed by atoms with Gasteiger partial charge in [0.15, 0.2) is 0 Å². The van der Waals surface area contributed by atoms with E-state index in [4.69, 9.17) is 4.74 Å². The average molecular weight is 204 g/mol. The van der Waals surface area contributed by atoms with Gasteiger partial charge in [0.25, 0.3) is 0 Å². The van der Waals surface area contributed by atoms with Crippen molar-refractivity contribution in [1.82, 2.24) is 0 Å². The van der Waals surface area contributed by atoms with Gasteiger partial charge in [-0.15, -0.1) is 6.58 Å². The molecule has 0 aliphatic heterocycles. The smallest absolute Gasteiger partial charge is 0.0757 e. The zero-order chi connectivity index (χ0) is 10.9. The molecule has 0 saturated carbocycles. The van der Waals surface area contributed by atoms with E-state index >= 15 is 0 Å². The highest BCUT2D eigenvalue weighted by atomic mass is 16.5. The molecule has 1 rings (SSSR count). The lowest BCUT2D eigenvalue weighted by Gasteiger charge is -2.13. The van der Waals surface area contributed by atoms with Crippen molar-refractivity contribution >= 4 is 0 Å². The van der Waals surface area contributed by atoms with E-state index < -0.39 is 0 Å². The third kappa shape index (κ3) is 4.80. The number of rotatable bonds is 7. The third-order valence-electron chi connectivity index (χ3n) is 2.41. The Morgan fingerprint density at radius 1 is 1.33 bits per heavy atom. The van der Waals surface area contributed by atoms with E-state index in [9.17, 15) is 0 Å². The fraction of sp³-hybridized carbons (Fsp3) is 0.429. The molecule has 0 aliphatic rings. The molecule has 0 unspecified atom stereocenters. The monoisotopic (exact) mass is 204 g/mol. The Kier molecular flexibility index (Phi) is 5.79. The quantitative estimate of drug-likeness (QED) is 0.611. The molecule has 0 amide bonds. The van der Waals surface area contributed by atoms with Crippen LogP contribution < -0.4 is 0 Å². The molecule has 1 heteroatoms. The van der Waals surface area contributed by atoms with E-state index in [1.54, 1.807) is 0 Å². The van der Waals surface area contributed by atoms with E-state index in [0.717, 1.165) is 6.42 Å². The second kappa shape index (κ2) is 7.24. The van der Waals surface area contributed by atoms with Gasteiger partial charge in [-0.25, -0.2) is 0 Å².